The number of nitrogens with zero attached hydrogens (tertiary/aromatic N) is 4. The molecule has 10 heteroatoms. The molecule has 2 saturated heterocycles. The molecule has 5 rings (SSSR count). The summed E-state index contributed by atoms with van der Waals surface area (Å²) < 4.78 is 21.9. The topological polar surface area (TPSA) is 89.2 Å². The molecule has 198 valence electrons. The van der Waals surface area contributed by atoms with E-state index in [9.17, 15) is 18.7 Å². The SMILES string of the molecule is CC(C)N1CCN(C(=O)c2ccc3c(c2)cc(C(=O)N2CCS(O)(O)CC2)n3-c2cccc(Cl)c2)CC1. The van der Waals surface area contributed by atoms with Crippen LogP contribution in [-0.4, -0.2) is 97.0 Å². The Morgan fingerprint density at radius 3 is 2.19 bits per heavy atom. The van der Waals surface area contributed by atoms with Crippen molar-refractivity contribution < 1.29 is 18.7 Å². The van der Waals surface area contributed by atoms with Crippen LogP contribution in [0.15, 0.2) is 48.5 Å². The van der Waals surface area contributed by atoms with Gasteiger partial charge in [0.05, 0.1) is 17.0 Å². The molecule has 2 aromatic carbocycles. The van der Waals surface area contributed by atoms with Crippen molar-refractivity contribution in [2.45, 2.75) is 19.9 Å². The van der Waals surface area contributed by atoms with Gasteiger partial charge in [-0.1, -0.05) is 17.7 Å². The van der Waals surface area contributed by atoms with Gasteiger partial charge in [-0.25, -0.2) is 0 Å². The zero-order valence-electron chi connectivity index (χ0n) is 21.1. The standard InChI is InChI=1S/C27H33ClN4O4S/c1-19(2)29-8-10-30(11-9-29)26(33)20-6-7-24-21(16-20)17-25(32(24)23-5-3-4-22(28)18-23)27(34)31-12-14-37(35,36)15-13-31/h3-7,16-19,35-36H,8-15H2,1-2H3. The summed E-state index contributed by atoms with van der Waals surface area (Å²) in [4.78, 5) is 32.9. The van der Waals surface area contributed by atoms with Crippen LogP contribution >= 0.6 is 22.2 Å². The number of piperazine rings is 1. The molecule has 0 bridgehead atoms. The molecule has 2 N–H and O–H groups in total. The van der Waals surface area contributed by atoms with Crippen LogP contribution < -0.4 is 0 Å². The second-order valence-electron chi connectivity index (χ2n) is 10.0. The Hall–Kier alpha value is -2.56. The van der Waals surface area contributed by atoms with Gasteiger partial charge in [0.1, 0.15) is 5.69 Å². The van der Waals surface area contributed by atoms with E-state index in [2.05, 4.69) is 18.7 Å². The second kappa shape index (κ2) is 10.3. The van der Waals surface area contributed by atoms with Crippen molar-refractivity contribution in [3.05, 3.63) is 64.8 Å². The Bertz CT molecular complexity index is 1320. The Labute approximate surface area is 223 Å². The fraction of sp³-hybridized carbons (Fsp3) is 0.407. The van der Waals surface area contributed by atoms with Gasteiger partial charge in [0.25, 0.3) is 11.8 Å². The van der Waals surface area contributed by atoms with Crippen molar-refractivity contribution in [1.82, 2.24) is 19.3 Å². The first-order valence-electron chi connectivity index (χ1n) is 12.6. The van der Waals surface area contributed by atoms with Crippen LogP contribution in [0.5, 0.6) is 0 Å². The minimum atomic E-state index is -2.62. The first-order valence-corrected chi connectivity index (χ1v) is 14.9. The molecule has 2 aliphatic rings. The first-order chi connectivity index (χ1) is 17.6. The van der Waals surface area contributed by atoms with Crippen molar-refractivity contribution in [2.75, 3.05) is 50.8 Å². The lowest BCUT2D eigenvalue weighted by molar-refractivity contribution is 0.0595. The Balaban J connectivity index is 1.49. The summed E-state index contributed by atoms with van der Waals surface area (Å²) in [5.41, 5.74) is 2.59. The highest BCUT2D eigenvalue weighted by atomic mass is 35.5. The van der Waals surface area contributed by atoms with Gasteiger partial charge in [-0.2, -0.15) is 10.6 Å². The Kier molecular flexibility index (Phi) is 7.26. The molecule has 2 amide bonds. The van der Waals surface area contributed by atoms with E-state index in [4.69, 9.17) is 11.6 Å². The number of aromatic nitrogens is 1. The van der Waals surface area contributed by atoms with E-state index in [0.29, 0.717) is 35.4 Å². The molecule has 0 spiro atoms. The van der Waals surface area contributed by atoms with E-state index in [0.717, 1.165) is 29.7 Å². The predicted molar refractivity (Wildman–Crippen MR) is 149 cm³/mol. The Morgan fingerprint density at radius 1 is 0.865 bits per heavy atom. The minimum absolute atomic E-state index is 0.00470. The molecule has 0 atom stereocenters. The van der Waals surface area contributed by atoms with Gasteiger partial charge in [0.2, 0.25) is 0 Å². The highest BCUT2D eigenvalue weighted by Crippen LogP contribution is 2.40. The fourth-order valence-electron chi connectivity index (χ4n) is 5.11. The van der Waals surface area contributed by atoms with Crippen LogP contribution in [-0.2, 0) is 0 Å². The van der Waals surface area contributed by atoms with Gasteiger partial charge in [-0.15, -0.1) is 0 Å². The molecule has 3 heterocycles. The molecule has 1 aromatic heterocycles. The number of hydrogen-bond acceptors (Lipinski definition) is 5. The number of rotatable bonds is 4. The third-order valence-electron chi connectivity index (χ3n) is 7.33. The van der Waals surface area contributed by atoms with Crippen LogP contribution in [0, 0.1) is 0 Å². The third-order valence-corrected chi connectivity index (χ3v) is 9.24. The minimum Gasteiger partial charge on any atom is -0.336 e. The van der Waals surface area contributed by atoms with Crippen LogP contribution in [0.25, 0.3) is 16.6 Å². The average Bonchev–Trinajstić information content (AvgIpc) is 3.27. The van der Waals surface area contributed by atoms with Gasteiger partial charge in [0, 0.05) is 67.0 Å². The van der Waals surface area contributed by atoms with Crippen molar-refractivity contribution >= 4 is 44.9 Å². The largest absolute Gasteiger partial charge is 0.336 e. The fourth-order valence-corrected chi connectivity index (χ4v) is 6.53. The predicted octanol–water partition coefficient (Wildman–Crippen LogP) is 4.66. The maximum atomic E-state index is 13.6. The van der Waals surface area contributed by atoms with Gasteiger partial charge in [0.15, 0.2) is 0 Å². The number of halogens is 1. The summed E-state index contributed by atoms with van der Waals surface area (Å²) in [5.74, 6) is 0.163. The molecule has 37 heavy (non-hydrogen) atoms. The monoisotopic (exact) mass is 544 g/mol. The highest BCUT2D eigenvalue weighted by Gasteiger charge is 2.29. The molecule has 0 unspecified atom stereocenters. The lowest BCUT2D eigenvalue weighted by atomic mass is 10.1. The van der Waals surface area contributed by atoms with E-state index < -0.39 is 10.6 Å². The van der Waals surface area contributed by atoms with E-state index in [1.54, 1.807) is 17.0 Å². The van der Waals surface area contributed by atoms with Crippen LogP contribution in [0.2, 0.25) is 5.02 Å². The van der Waals surface area contributed by atoms with Gasteiger partial charge < -0.3 is 14.4 Å². The molecule has 0 aliphatic carbocycles. The molecule has 0 radical (unpaired) electrons. The van der Waals surface area contributed by atoms with Gasteiger partial charge >= 0.3 is 0 Å². The summed E-state index contributed by atoms with van der Waals surface area (Å²) in [5, 5.41) is 1.34. The molecular weight excluding hydrogens is 512 g/mol. The summed E-state index contributed by atoms with van der Waals surface area (Å²) in [6.45, 7) is 8.00. The zero-order valence-corrected chi connectivity index (χ0v) is 22.7. The number of hydrogen-bond donors (Lipinski definition) is 2. The first kappa shape index (κ1) is 26.1. The average molecular weight is 545 g/mol. The second-order valence-corrected chi connectivity index (χ2v) is 12.9. The highest BCUT2D eigenvalue weighted by molar-refractivity contribution is 8.24. The molecule has 0 saturated carbocycles. The van der Waals surface area contributed by atoms with Gasteiger partial charge in [-0.3, -0.25) is 23.6 Å². The molecular formula is C27H33ClN4O4S. The van der Waals surface area contributed by atoms with Crippen LogP contribution in [0.4, 0.5) is 0 Å². The molecule has 8 nitrogen and oxygen atoms in total. The molecule has 2 aliphatic heterocycles. The van der Waals surface area contributed by atoms with E-state index >= 15 is 0 Å². The van der Waals surface area contributed by atoms with E-state index in [1.165, 1.54) is 0 Å². The summed E-state index contributed by atoms with van der Waals surface area (Å²) >= 11 is 6.29. The molecule has 3 aromatic rings. The quantitative estimate of drug-likeness (QED) is 0.499. The Morgan fingerprint density at radius 2 is 1.54 bits per heavy atom. The summed E-state index contributed by atoms with van der Waals surface area (Å²) in [7, 11) is -2.62. The number of carbonyl (C=O) groups excluding carboxylic acids is 2. The normalized spacial score (nSPS) is 19.4. The maximum absolute atomic E-state index is 13.6. The van der Waals surface area contributed by atoms with Crippen molar-refractivity contribution in [2.24, 2.45) is 0 Å². The van der Waals surface area contributed by atoms with Crippen molar-refractivity contribution in [3.63, 3.8) is 0 Å². The molecule has 2 fully saturated rings. The number of fused-ring (bicyclic) bond motifs is 1. The van der Waals surface area contributed by atoms with E-state index in [1.807, 2.05) is 45.9 Å². The van der Waals surface area contributed by atoms with Crippen molar-refractivity contribution in [1.29, 1.82) is 0 Å². The zero-order chi connectivity index (χ0) is 26.3. The maximum Gasteiger partial charge on any atom is 0.270 e. The number of carbonyl (C=O) groups is 2. The van der Waals surface area contributed by atoms with E-state index in [-0.39, 0.29) is 36.4 Å². The van der Waals surface area contributed by atoms with Crippen LogP contribution in [0.1, 0.15) is 34.7 Å². The van der Waals surface area contributed by atoms with Gasteiger partial charge in [-0.05, 0) is 56.3 Å². The number of amides is 2. The third kappa shape index (κ3) is 5.37. The summed E-state index contributed by atoms with van der Waals surface area (Å²) in [6.07, 6.45) is 0. The number of benzene rings is 2. The van der Waals surface area contributed by atoms with Crippen molar-refractivity contribution in [3.8, 4) is 5.69 Å². The lowest BCUT2D eigenvalue weighted by Gasteiger charge is -2.40. The summed E-state index contributed by atoms with van der Waals surface area (Å²) in [6, 6.07) is 15.2. The van der Waals surface area contributed by atoms with Crippen LogP contribution in [0.3, 0.4) is 0 Å². The smallest absolute Gasteiger partial charge is 0.270 e. The lowest BCUT2D eigenvalue weighted by Crippen LogP contribution is -2.50.